The fourth-order valence-corrected chi connectivity index (χ4v) is 2.43. The van der Waals surface area contributed by atoms with Crippen molar-refractivity contribution >= 4 is 11.8 Å². The Hall–Kier alpha value is -2.37. The van der Waals surface area contributed by atoms with E-state index >= 15 is 0 Å². The number of methoxy groups -OCH3 is 1. The van der Waals surface area contributed by atoms with E-state index in [4.69, 9.17) is 4.74 Å². The normalized spacial score (nSPS) is 10.4. The topological polar surface area (TPSA) is 63.2 Å². The molecule has 0 aliphatic rings. The molecule has 1 heterocycles. The van der Waals surface area contributed by atoms with Gasteiger partial charge in [-0.15, -0.1) is 5.10 Å². The summed E-state index contributed by atoms with van der Waals surface area (Å²) in [7, 11) is 1.67. The molecule has 0 unspecified atom stereocenters. The van der Waals surface area contributed by atoms with Gasteiger partial charge in [0.2, 0.25) is 5.95 Å². The highest BCUT2D eigenvalue weighted by Gasteiger charge is 2.09. The van der Waals surface area contributed by atoms with Crippen LogP contribution in [0.2, 0.25) is 0 Å². The zero-order valence-electron chi connectivity index (χ0n) is 14.1. The third-order valence-corrected chi connectivity index (χ3v) is 3.49. The van der Waals surface area contributed by atoms with Crippen LogP contribution in [0.5, 0.6) is 5.75 Å². The van der Waals surface area contributed by atoms with Gasteiger partial charge in [-0.25, -0.2) is 0 Å². The Morgan fingerprint density at radius 1 is 1.13 bits per heavy atom. The van der Waals surface area contributed by atoms with Crippen LogP contribution in [-0.4, -0.2) is 35.4 Å². The number of rotatable bonds is 9. The number of para-hydroxylation sites is 1. The highest BCUT2D eigenvalue weighted by Crippen LogP contribution is 2.18. The van der Waals surface area contributed by atoms with Gasteiger partial charge in [-0.3, -0.25) is 0 Å². The second-order valence-electron chi connectivity index (χ2n) is 5.29. The molecule has 0 radical (unpaired) electrons. The third-order valence-electron chi connectivity index (χ3n) is 3.49. The molecule has 2 aromatic rings. The lowest BCUT2D eigenvalue weighted by Gasteiger charge is -2.22. The second-order valence-corrected chi connectivity index (χ2v) is 5.29. The number of ether oxygens (including phenoxy) is 1. The summed E-state index contributed by atoms with van der Waals surface area (Å²) in [4.78, 5) is 6.82. The molecule has 0 saturated carbocycles. The molecule has 1 aromatic carbocycles. The van der Waals surface area contributed by atoms with Crippen molar-refractivity contribution in [3.05, 3.63) is 36.0 Å². The molecule has 6 nitrogen and oxygen atoms in total. The summed E-state index contributed by atoms with van der Waals surface area (Å²) in [5, 5.41) is 11.4. The number of benzene rings is 1. The molecule has 0 spiro atoms. The molecule has 124 valence electrons. The zero-order chi connectivity index (χ0) is 16.5. The molecule has 0 aliphatic heterocycles. The van der Waals surface area contributed by atoms with Gasteiger partial charge in [0, 0.05) is 25.2 Å². The Bertz CT molecular complexity index is 599. The highest BCUT2D eigenvalue weighted by molar-refractivity contribution is 5.41. The van der Waals surface area contributed by atoms with Crippen molar-refractivity contribution < 1.29 is 4.74 Å². The first-order valence-electron chi connectivity index (χ1n) is 8.08. The lowest BCUT2D eigenvalue weighted by atomic mass is 10.2. The average Bonchev–Trinajstić information content (AvgIpc) is 2.60. The van der Waals surface area contributed by atoms with Crippen molar-refractivity contribution in [3.8, 4) is 5.75 Å². The highest BCUT2D eigenvalue weighted by atomic mass is 16.5. The van der Waals surface area contributed by atoms with Crippen LogP contribution in [0.3, 0.4) is 0 Å². The van der Waals surface area contributed by atoms with Gasteiger partial charge < -0.3 is 15.0 Å². The monoisotopic (exact) mass is 315 g/mol. The Morgan fingerprint density at radius 3 is 2.57 bits per heavy atom. The largest absolute Gasteiger partial charge is 0.496 e. The number of anilines is 2. The number of aromatic nitrogens is 3. The summed E-state index contributed by atoms with van der Waals surface area (Å²) in [6.45, 7) is 6.86. The van der Waals surface area contributed by atoms with Gasteiger partial charge >= 0.3 is 0 Å². The SMILES string of the molecule is CCCN(CCC)c1cnnc(NCc2ccccc2OC)n1. The fraction of sp³-hybridized carbons (Fsp3) is 0.471. The molecule has 0 amide bonds. The van der Waals surface area contributed by atoms with Crippen LogP contribution in [-0.2, 0) is 6.54 Å². The Morgan fingerprint density at radius 2 is 1.87 bits per heavy atom. The van der Waals surface area contributed by atoms with Gasteiger partial charge in [0.15, 0.2) is 5.82 Å². The summed E-state index contributed by atoms with van der Waals surface area (Å²) in [6.07, 6.45) is 3.88. The molecule has 6 heteroatoms. The molecule has 1 aromatic heterocycles. The van der Waals surface area contributed by atoms with E-state index < -0.39 is 0 Å². The number of hydrogen-bond donors (Lipinski definition) is 1. The lowest BCUT2D eigenvalue weighted by Crippen LogP contribution is -2.26. The van der Waals surface area contributed by atoms with Crippen LogP contribution in [0.4, 0.5) is 11.8 Å². The van der Waals surface area contributed by atoms with Crippen molar-refractivity contribution in [2.24, 2.45) is 0 Å². The Kier molecular flexibility index (Phi) is 6.59. The van der Waals surface area contributed by atoms with Gasteiger partial charge in [0.05, 0.1) is 13.3 Å². The average molecular weight is 315 g/mol. The molecule has 0 saturated heterocycles. The number of nitrogens with zero attached hydrogens (tertiary/aromatic N) is 4. The second kappa shape index (κ2) is 8.92. The number of nitrogens with one attached hydrogen (secondary N) is 1. The molecule has 1 N–H and O–H groups in total. The summed E-state index contributed by atoms with van der Waals surface area (Å²) >= 11 is 0. The van der Waals surface area contributed by atoms with Crippen LogP contribution in [0.1, 0.15) is 32.3 Å². The van der Waals surface area contributed by atoms with E-state index in [1.165, 1.54) is 0 Å². The molecule has 23 heavy (non-hydrogen) atoms. The summed E-state index contributed by atoms with van der Waals surface area (Å²) in [6, 6.07) is 7.90. The maximum atomic E-state index is 5.35. The Balaban J connectivity index is 2.07. The fourth-order valence-electron chi connectivity index (χ4n) is 2.43. The van der Waals surface area contributed by atoms with Crippen molar-refractivity contribution in [2.45, 2.75) is 33.2 Å². The van der Waals surface area contributed by atoms with Gasteiger partial charge in [-0.05, 0) is 18.9 Å². The summed E-state index contributed by atoms with van der Waals surface area (Å²) in [5.74, 6) is 2.25. The van der Waals surface area contributed by atoms with Crippen LogP contribution in [0.15, 0.2) is 30.5 Å². The van der Waals surface area contributed by atoms with Gasteiger partial charge in [0.1, 0.15) is 5.75 Å². The van der Waals surface area contributed by atoms with Crippen LogP contribution < -0.4 is 15.0 Å². The molecule has 0 bridgehead atoms. The van der Waals surface area contributed by atoms with Crippen molar-refractivity contribution in [1.82, 2.24) is 15.2 Å². The quantitative estimate of drug-likeness (QED) is 0.767. The minimum Gasteiger partial charge on any atom is -0.496 e. The predicted molar refractivity (Wildman–Crippen MR) is 92.9 cm³/mol. The van der Waals surface area contributed by atoms with E-state index in [0.29, 0.717) is 12.5 Å². The first-order chi connectivity index (χ1) is 11.3. The lowest BCUT2D eigenvalue weighted by molar-refractivity contribution is 0.410. The smallest absolute Gasteiger partial charge is 0.244 e. The first kappa shape index (κ1) is 17.0. The predicted octanol–water partition coefficient (Wildman–Crippen LogP) is 3.12. The van der Waals surface area contributed by atoms with E-state index in [0.717, 1.165) is 43.1 Å². The Labute approximate surface area is 137 Å². The van der Waals surface area contributed by atoms with Crippen LogP contribution in [0, 0.1) is 0 Å². The van der Waals surface area contributed by atoms with Crippen LogP contribution >= 0.6 is 0 Å². The van der Waals surface area contributed by atoms with Crippen molar-refractivity contribution in [3.63, 3.8) is 0 Å². The van der Waals surface area contributed by atoms with E-state index in [1.54, 1.807) is 13.3 Å². The summed E-state index contributed by atoms with van der Waals surface area (Å²) < 4.78 is 5.35. The minimum absolute atomic E-state index is 0.533. The molecular formula is C17H25N5O. The van der Waals surface area contributed by atoms with Crippen molar-refractivity contribution in [2.75, 3.05) is 30.4 Å². The minimum atomic E-state index is 0.533. The molecule has 0 aliphatic carbocycles. The first-order valence-corrected chi connectivity index (χ1v) is 8.08. The molecule has 0 atom stereocenters. The maximum Gasteiger partial charge on any atom is 0.244 e. The maximum absolute atomic E-state index is 5.35. The molecular weight excluding hydrogens is 290 g/mol. The van der Waals surface area contributed by atoms with E-state index in [9.17, 15) is 0 Å². The molecule has 2 rings (SSSR count). The summed E-state index contributed by atoms with van der Waals surface area (Å²) in [5.41, 5.74) is 1.06. The van der Waals surface area contributed by atoms with Gasteiger partial charge in [0.25, 0.3) is 0 Å². The molecule has 0 fully saturated rings. The standard InChI is InChI=1S/C17H25N5O/c1-4-10-22(11-5-2)16-13-19-21-17(20-16)18-12-14-8-6-7-9-15(14)23-3/h6-9,13H,4-5,10-12H2,1-3H3,(H,18,20,21). The van der Waals surface area contributed by atoms with E-state index in [1.807, 2.05) is 24.3 Å². The van der Waals surface area contributed by atoms with Gasteiger partial charge in [-0.1, -0.05) is 32.0 Å². The van der Waals surface area contributed by atoms with Crippen LogP contribution in [0.25, 0.3) is 0 Å². The number of hydrogen-bond acceptors (Lipinski definition) is 6. The van der Waals surface area contributed by atoms with E-state index in [2.05, 4.69) is 39.2 Å². The van der Waals surface area contributed by atoms with Gasteiger partial charge in [-0.2, -0.15) is 10.1 Å². The zero-order valence-corrected chi connectivity index (χ0v) is 14.1. The third kappa shape index (κ3) is 4.81. The van der Waals surface area contributed by atoms with E-state index in [-0.39, 0.29) is 0 Å². The van der Waals surface area contributed by atoms with Crippen molar-refractivity contribution in [1.29, 1.82) is 0 Å².